The zero-order chi connectivity index (χ0) is 19.2. The van der Waals surface area contributed by atoms with E-state index in [4.69, 9.17) is 21.1 Å². The Morgan fingerprint density at radius 1 is 1.15 bits per heavy atom. The van der Waals surface area contributed by atoms with Crippen molar-refractivity contribution in [2.75, 3.05) is 7.11 Å². The van der Waals surface area contributed by atoms with Gasteiger partial charge in [-0.15, -0.1) is 0 Å². The average molecular weight is 386 g/mol. The van der Waals surface area contributed by atoms with Gasteiger partial charge in [0.25, 0.3) is 5.56 Å². The Labute approximate surface area is 159 Å². The molecule has 8 heteroatoms. The highest BCUT2D eigenvalue weighted by molar-refractivity contribution is 6.31. The van der Waals surface area contributed by atoms with Crippen molar-refractivity contribution in [3.05, 3.63) is 85.6 Å². The van der Waals surface area contributed by atoms with Gasteiger partial charge in [-0.3, -0.25) is 9.78 Å². The molecule has 138 valence electrons. The van der Waals surface area contributed by atoms with Gasteiger partial charge in [0.2, 0.25) is 0 Å². The Kier molecular flexibility index (Phi) is 5.73. The maximum absolute atomic E-state index is 11.6. The first kappa shape index (κ1) is 18.5. The zero-order valence-electron chi connectivity index (χ0n) is 14.4. The van der Waals surface area contributed by atoms with Crippen LogP contribution in [0.15, 0.2) is 63.2 Å². The number of aromatic nitrogens is 2. The third kappa shape index (κ3) is 4.65. The predicted molar refractivity (Wildman–Crippen MR) is 104 cm³/mol. The van der Waals surface area contributed by atoms with Crippen molar-refractivity contribution in [3.8, 4) is 11.5 Å². The van der Waals surface area contributed by atoms with Crippen LogP contribution in [0.3, 0.4) is 0 Å². The second kappa shape index (κ2) is 8.37. The molecular formula is C19H16ClN3O4. The number of ether oxygens (including phenoxy) is 2. The molecule has 0 saturated carbocycles. The van der Waals surface area contributed by atoms with E-state index in [1.807, 2.05) is 18.2 Å². The molecule has 0 aliphatic heterocycles. The van der Waals surface area contributed by atoms with Crippen LogP contribution < -0.4 is 20.7 Å². The lowest BCUT2D eigenvalue weighted by Crippen LogP contribution is -2.20. The van der Waals surface area contributed by atoms with Crippen molar-refractivity contribution in [3.63, 3.8) is 0 Å². The molecule has 0 spiro atoms. The zero-order valence-corrected chi connectivity index (χ0v) is 15.1. The van der Waals surface area contributed by atoms with Gasteiger partial charge in [-0.05, 0) is 29.8 Å². The van der Waals surface area contributed by atoms with Crippen molar-refractivity contribution in [1.29, 1.82) is 0 Å². The highest BCUT2D eigenvalue weighted by atomic mass is 35.5. The summed E-state index contributed by atoms with van der Waals surface area (Å²) >= 11 is 6.13. The molecule has 0 fully saturated rings. The first-order valence-electron chi connectivity index (χ1n) is 7.97. The summed E-state index contributed by atoms with van der Waals surface area (Å²) in [5.74, 6) is 1.07. The number of methoxy groups -OCH3 is 1. The van der Waals surface area contributed by atoms with Gasteiger partial charge in [0.1, 0.15) is 12.3 Å². The van der Waals surface area contributed by atoms with E-state index in [0.717, 1.165) is 5.56 Å². The fourth-order valence-electron chi connectivity index (χ4n) is 2.30. The number of benzene rings is 2. The molecule has 27 heavy (non-hydrogen) atoms. The second-order valence-corrected chi connectivity index (χ2v) is 5.91. The summed E-state index contributed by atoms with van der Waals surface area (Å²) in [6.07, 6.45) is 2.74. The molecule has 0 amide bonds. The van der Waals surface area contributed by atoms with E-state index < -0.39 is 11.2 Å². The molecule has 0 atom stereocenters. The molecule has 3 rings (SSSR count). The maximum Gasteiger partial charge on any atom is 0.325 e. The minimum atomic E-state index is -0.583. The lowest BCUT2D eigenvalue weighted by Gasteiger charge is -2.12. The molecule has 0 saturated heterocycles. The van der Waals surface area contributed by atoms with Gasteiger partial charge < -0.3 is 14.5 Å². The average Bonchev–Trinajstić information content (AvgIpc) is 2.67. The molecule has 2 N–H and O–H groups in total. The number of nitrogens with one attached hydrogen (secondary N) is 2. The molecule has 0 bridgehead atoms. The highest BCUT2D eigenvalue weighted by Gasteiger charge is 2.07. The number of nitrogens with zero attached hydrogens (tertiary/aromatic N) is 1. The standard InChI is InChI=1S/C19H16ClN3O4/c1-26-17-8-12(9-21-15-10-22-19(25)23-18(15)24)6-7-16(17)27-11-13-4-2-3-5-14(13)20/h2-10H,11H2,1H3,(H2,22,23,24,25). The summed E-state index contributed by atoms with van der Waals surface area (Å²) in [6, 6.07) is 12.7. The van der Waals surface area contributed by atoms with Crippen LogP contribution in [0.2, 0.25) is 5.02 Å². The van der Waals surface area contributed by atoms with E-state index in [9.17, 15) is 9.59 Å². The third-order valence-electron chi connectivity index (χ3n) is 3.68. The van der Waals surface area contributed by atoms with Crippen LogP contribution in [0.4, 0.5) is 5.69 Å². The summed E-state index contributed by atoms with van der Waals surface area (Å²) in [6.45, 7) is 0.302. The molecule has 0 unspecified atom stereocenters. The van der Waals surface area contributed by atoms with Crippen LogP contribution in [-0.2, 0) is 6.61 Å². The van der Waals surface area contributed by atoms with Crippen LogP contribution in [0.1, 0.15) is 11.1 Å². The summed E-state index contributed by atoms with van der Waals surface area (Å²) < 4.78 is 11.2. The summed E-state index contributed by atoms with van der Waals surface area (Å²) in [5, 5.41) is 0.631. The quantitative estimate of drug-likeness (QED) is 0.637. The molecule has 0 aliphatic rings. The van der Waals surface area contributed by atoms with E-state index >= 15 is 0 Å². The molecule has 1 aromatic heterocycles. The molecule has 2 aromatic carbocycles. The van der Waals surface area contributed by atoms with E-state index in [2.05, 4.69) is 15.0 Å². The monoisotopic (exact) mass is 385 g/mol. The number of hydrogen-bond acceptors (Lipinski definition) is 5. The van der Waals surface area contributed by atoms with Crippen molar-refractivity contribution in [2.24, 2.45) is 4.99 Å². The van der Waals surface area contributed by atoms with Crippen LogP contribution in [-0.4, -0.2) is 23.3 Å². The van der Waals surface area contributed by atoms with Crippen LogP contribution in [0.25, 0.3) is 0 Å². The van der Waals surface area contributed by atoms with Gasteiger partial charge in [-0.2, -0.15) is 0 Å². The summed E-state index contributed by atoms with van der Waals surface area (Å²) in [5.41, 5.74) is 0.501. The van der Waals surface area contributed by atoms with Crippen molar-refractivity contribution >= 4 is 23.5 Å². The Morgan fingerprint density at radius 2 is 1.96 bits per heavy atom. The fraction of sp³-hybridized carbons (Fsp3) is 0.105. The van der Waals surface area contributed by atoms with Gasteiger partial charge in [0.15, 0.2) is 11.5 Å². The molecule has 3 aromatic rings. The number of halogens is 1. The Morgan fingerprint density at radius 3 is 2.70 bits per heavy atom. The maximum atomic E-state index is 11.6. The van der Waals surface area contributed by atoms with Crippen LogP contribution in [0, 0.1) is 0 Å². The van der Waals surface area contributed by atoms with E-state index in [-0.39, 0.29) is 5.69 Å². The Bertz CT molecular complexity index is 1090. The molecule has 1 heterocycles. The van der Waals surface area contributed by atoms with Gasteiger partial charge in [-0.25, -0.2) is 9.79 Å². The van der Waals surface area contributed by atoms with E-state index in [0.29, 0.717) is 28.7 Å². The molecule has 7 nitrogen and oxygen atoms in total. The second-order valence-electron chi connectivity index (χ2n) is 5.51. The van der Waals surface area contributed by atoms with Gasteiger partial charge >= 0.3 is 5.69 Å². The molecule has 0 aliphatic carbocycles. The summed E-state index contributed by atoms with van der Waals surface area (Å²) in [4.78, 5) is 31.2. The van der Waals surface area contributed by atoms with Crippen LogP contribution in [0.5, 0.6) is 11.5 Å². The Balaban J connectivity index is 1.77. The lowest BCUT2D eigenvalue weighted by atomic mass is 10.2. The van der Waals surface area contributed by atoms with Gasteiger partial charge in [-0.1, -0.05) is 29.8 Å². The van der Waals surface area contributed by atoms with Crippen molar-refractivity contribution in [2.45, 2.75) is 6.61 Å². The third-order valence-corrected chi connectivity index (χ3v) is 4.05. The SMILES string of the molecule is COc1cc(C=Nc2c[nH]c(=O)[nH]c2=O)ccc1OCc1ccccc1Cl. The largest absolute Gasteiger partial charge is 0.493 e. The predicted octanol–water partition coefficient (Wildman–Crippen LogP) is 3.05. The first-order chi connectivity index (χ1) is 13.1. The number of H-pyrrole nitrogens is 2. The Hall–Kier alpha value is -3.32. The fourth-order valence-corrected chi connectivity index (χ4v) is 2.49. The van der Waals surface area contributed by atoms with Crippen LogP contribution >= 0.6 is 11.6 Å². The number of hydrogen-bond donors (Lipinski definition) is 2. The van der Waals surface area contributed by atoms with Gasteiger partial charge in [0, 0.05) is 23.0 Å². The number of aromatic amines is 2. The van der Waals surface area contributed by atoms with E-state index in [1.165, 1.54) is 19.5 Å². The normalized spacial score (nSPS) is 10.9. The van der Waals surface area contributed by atoms with Crippen molar-refractivity contribution < 1.29 is 9.47 Å². The topological polar surface area (TPSA) is 96.5 Å². The summed E-state index contributed by atoms with van der Waals surface area (Å²) in [7, 11) is 1.53. The molecule has 0 radical (unpaired) electrons. The number of rotatable bonds is 6. The van der Waals surface area contributed by atoms with Crippen molar-refractivity contribution in [1.82, 2.24) is 9.97 Å². The van der Waals surface area contributed by atoms with Gasteiger partial charge in [0.05, 0.1) is 7.11 Å². The van der Waals surface area contributed by atoms with E-state index in [1.54, 1.807) is 24.3 Å². The smallest absolute Gasteiger partial charge is 0.325 e. The molecular weight excluding hydrogens is 370 g/mol. The minimum absolute atomic E-state index is 0.0904. The first-order valence-corrected chi connectivity index (χ1v) is 8.35. The lowest BCUT2D eigenvalue weighted by molar-refractivity contribution is 0.284. The minimum Gasteiger partial charge on any atom is -0.493 e. The number of aliphatic imine (C=N–C) groups is 1. The highest BCUT2D eigenvalue weighted by Crippen LogP contribution is 2.29.